The van der Waals surface area contributed by atoms with Crippen LogP contribution in [0.4, 0.5) is 10.5 Å². The average Bonchev–Trinajstić information content (AvgIpc) is 3.53. The van der Waals surface area contributed by atoms with Crippen molar-refractivity contribution in [3.63, 3.8) is 0 Å². The number of nitrogens with one attached hydrogen (secondary N) is 2. The number of rotatable bonds is 8. The molecule has 1 aromatic carbocycles. The van der Waals surface area contributed by atoms with Crippen LogP contribution in [0.5, 0.6) is 11.6 Å². The number of hydrogen-bond acceptors (Lipinski definition) is 9. The first-order chi connectivity index (χ1) is 17.5. The van der Waals surface area contributed by atoms with Crippen LogP contribution in [0, 0.1) is 0 Å². The standard InChI is InChI=1S/C25H25N5O6/c1-34-13-2-4-20-27-15-19(36-20)16-5-8-18(9-6-16)35-21-10-7-17(14-26-21)30-12-3-11-25(30)22(31)28-24(33)29-23(25)32/h5-10,14-15H,2-4,11-13H2,1H3,(H2,28,29,31,32,33). The van der Waals surface area contributed by atoms with Gasteiger partial charge in [-0.05, 0) is 49.6 Å². The molecule has 2 aromatic heterocycles. The molecule has 11 nitrogen and oxygen atoms in total. The molecule has 3 aromatic rings. The number of aromatic nitrogens is 2. The molecule has 2 N–H and O–H groups in total. The third-order valence-electron chi connectivity index (χ3n) is 6.27. The SMILES string of the molecule is COCCCc1ncc(-c2ccc(Oc3ccc(N4CCCC45C(=O)NC(=O)NC5=O)cn3)cc2)o1. The number of nitrogens with zero attached hydrogens (tertiary/aromatic N) is 3. The van der Waals surface area contributed by atoms with E-state index in [0.717, 1.165) is 12.0 Å². The Morgan fingerprint density at radius 3 is 2.50 bits per heavy atom. The van der Waals surface area contributed by atoms with Gasteiger partial charge in [-0.1, -0.05) is 0 Å². The predicted octanol–water partition coefficient (Wildman–Crippen LogP) is 2.81. The zero-order valence-electron chi connectivity index (χ0n) is 19.7. The summed E-state index contributed by atoms with van der Waals surface area (Å²) in [6.07, 6.45) is 5.73. The number of aryl methyl sites for hydroxylation is 1. The summed E-state index contributed by atoms with van der Waals surface area (Å²) >= 11 is 0. The number of hydrogen-bond donors (Lipinski definition) is 2. The lowest BCUT2D eigenvalue weighted by Crippen LogP contribution is -2.71. The Morgan fingerprint density at radius 1 is 1.03 bits per heavy atom. The van der Waals surface area contributed by atoms with E-state index in [4.69, 9.17) is 13.9 Å². The number of oxazole rings is 1. The normalized spacial score (nSPS) is 16.8. The molecular formula is C25H25N5O6. The van der Waals surface area contributed by atoms with Crippen LogP contribution in [-0.2, 0) is 20.7 Å². The quantitative estimate of drug-likeness (QED) is 0.360. The maximum absolute atomic E-state index is 12.6. The summed E-state index contributed by atoms with van der Waals surface area (Å²) in [5, 5.41) is 4.41. The van der Waals surface area contributed by atoms with Crippen molar-refractivity contribution in [2.75, 3.05) is 25.2 Å². The minimum atomic E-state index is -1.46. The van der Waals surface area contributed by atoms with Crippen LogP contribution in [0.1, 0.15) is 25.2 Å². The maximum atomic E-state index is 12.6. The average molecular weight is 492 g/mol. The number of imide groups is 2. The van der Waals surface area contributed by atoms with Crippen LogP contribution in [-0.4, -0.2) is 53.6 Å². The second kappa shape index (κ2) is 9.78. The molecule has 186 valence electrons. The third kappa shape index (κ3) is 4.40. The molecule has 0 unspecified atom stereocenters. The summed E-state index contributed by atoms with van der Waals surface area (Å²) in [6, 6.07) is 9.96. The van der Waals surface area contributed by atoms with Crippen molar-refractivity contribution < 1.29 is 28.3 Å². The molecule has 1 spiro atoms. The summed E-state index contributed by atoms with van der Waals surface area (Å²) in [4.78, 5) is 47.1. The van der Waals surface area contributed by atoms with Gasteiger partial charge in [0.15, 0.2) is 17.2 Å². The number of benzene rings is 1. The van der Waals surface area contributed by atoms with Crippen molar-refractivity contribution >= 4 is 23.5 Å². The zero-order chi connectivity index (χ0) is 25.1. The fraction of sp³-hybridized carbons (Fsp3) is 0.320. The highest BCUT2D eigenvalue weighted by Gasteiger charge is 2.57. The number of carbonyl (C=O) groups excluding carboxylic acids is 3. The molecule has 0 atom stereocenters. The Hall–Kier alpha value is -4.25. The number of barbiturate groups is 1. The van der Waals surface area contributed by atoms with E-state index < -0.39 is 23.4 Å². The fourth-order valence-electron chi connectivity index (χ4n) is 4.52. The number of ether oxygens (including phenoxy) is 2. The molecule has 2 aliphatic rings. The second-order valence-electron chi connectivity index (χ2n) is 8.55. The Bertz CT molecular complexity index is 1250. The monoisotopic (exact) mass is 491 g/mol. The van der Waals surface area contributed by atoms with Crippen LogP contribution in [0.25, 0.3) is 11.3 Å². The van der Waals surface area contributed by atoms with Gasteiger partial charge in [0.1, 0.15) is 5.75 Å². The van der Waals surface area contributed by atoms with Gasteiger partial charge in [0.2, 0.25) is 5.88 Å². The number of pyridine rings is 1. The lowest BCUT2D eigenvalue weighted by atomic mass is 9.92. The van der Waals surface area contributed by atoms with E-state index in [1.165, 1.54) is 0 Å². The van der Waals surface area contributed by atoms with Gasteiger partial charge in [0, 0.05) is 38.3 Å². The number of amides is 4. The Labute approximate surface area is 206 Å². The van der Waals surface area contributed by atoms with E-state index in [1.54, 1.807) is 48.7 Å². The fourth-order valence-corrected chi connectivity index (χ4v) is 4.52. The molecule has 4 amide bonds. The van der Waals surface area contributed by atoms with Gasteiger partial charge in [-0.15, -0.1) is 0 Å². The summed E-state index contributed by atoms with van der Waals surface area (Å²) in [5.74, 6) is 1.04. The number of anilines is 1. The number of carbonyl (C=O) groups is 3. The van der Waals surface area contributed by atoms with Crippen molar-refractivity contribution in [2.24, 2.45) is 0 Å². The molecule has 2 fully saturated rings. The Balaban J connectivity index is 1.25. The molecule has 0 bridgehead atoms. The first-order valence-electron chi connectivity index (χ1n) is 11.6. The first kappa shape index (κ1) is 23.5. The van der Waals surface area contributed by atoms with Crippen molar-refractivity contribution in [3.8, 4) is 23.0 Å². The smallest absolute Gasteiger partial charge is 0.328 e. The molecule has 11 heteroatoms. The molecule has 2 saturated heterocycles. The lowest BCUT2D eigenvalue weighted by Gasteiger charge is -2.38. The minimum absolute atomic E-state index is 0.308. The lowest BCUT2D eigenvalue weighted by molar-refractivity contribution is -0.137. The largest absolute Gasteiger partial charge is 0.441 e. The van der Waals surface area contributed by atoms with Crippen LogP contribution in [0.3, 0.4) is 0 Å². The molecule has 4 heterocycles. The van der Waals surface area contributed by atoms with Crippen LogP contribution in [0.15, 0.2) is 53.2 Å². The number of urea groups is 1. The summed E-state index contributed by atoms with van der Waals surface area (Å²) in [5.41, 5.74) is -0.00233. The van der Waals surface area contributed by atoms with E-state index in [-0.39, 0.29) is 0 Å². The molecule has 0 radical (unpaired) electrons. The van der Waals surface area contributed by atoms with E-state index in [0.29, 0.717) is 61.4 Å². The van der Waals surface area contributed by atoms with Crippen molar-refractivity contribution in [3.05, 3.63) is 54.7 Å². The molecule has 5 rings (SSSR count). The van der Waals surface area contributed by atoms with Crippen LogP contribution >= 0.6 is 0 Å². The van der Waals surface area contributed by atoms with Gasteiger partial charge < -0.3 is 18.8 Å². The zero-order valence-corrected chi connectivity index (χ0v) is 19.7. The molecule has 36 heavy (non-hydrogen) atoms. The third-order valence-corrected chi connectivity index (χ3v) is 6.27. The van der Waals surface area contributed by atoms with Crippen molar-refractivity contribution in [1.82, 2.24) is 20.6 Å². The highest BCUT2D eigenvalue weighted by atomic mass is 16.5. The summed E-state index contributed by atoms with van der Waals surface area (Å²) in [6.45, 7) is 1.14. The van der Waals surface area contributed by atoms with Gasteiger partial charge in [-0.25, -0.2) is 14.8 Å². The minimum Gasteiger partial charge on any atom is -0.441 e. The molecule has 2 aliphatic heterocycles. The van der Waals surface area contributed by atoms with Crippen molar-refractivity contribution in [2.45, 2.75) is 31.2 Å². The van der Waals surface area contributed by atoms with Crippen molar-refractivity contribution in [1.29, 1.82) is 0 Å². The van der Waals surface area contributed by atoms with Crippen LogP contribution in [0.2, 0.25) is 0 Å². The number of methoxy groups -OCH3 is 1. The van der Waals surface area contributed by atoms with Crippen LogP contribution < -0.4 is 20.3 Å². The van der Waals surface area contributed by atoms with Gasteiger partial charge in [-0.2, -0.15) is 0 Å². The molecular weight excluding hydrogens is 466 g/mol. The van der Waals surface area contributed by atoms with E-state index in [2.05, 4.69) is 20.6 Å². The van der Waals surface area contributed by atoms with Gasteiger partial charge in [0.05, 0.1) is 18.1 Å². The summed E-state index contributed by atoms with van der Waals surface area (Å²) in [7, 11) is 1.67. The van der Waals surface area contributed by atoms with E-state index in [1.807, 2.05) is 12.1 Å². The highest BCUT2D eigenvalue weighted by molar-refractivity contribution is 6.24. The summed E-state index contributed by atoms with van der Waals surface area (Å²) < 4.78 is 16.7. The first-order valence-corrected chi connectivity index (χ1v) is 11.6. The Morgan fingerprint density at radius 2 is 1.81 bits per heavy atom. The van der Waals surface area contributed by atoms with Gasteiger partial charge in [0.25, 0.3) is 11.8 Å². The highest BCUT2D eigenvalue weighted by Crippen LogP contribution is 2.36. The van der Waals surface area contributed by atoms with E-state index in [9.17, 15) is 14.4 Å². The molecule has 0 aliphatic carbocycles. The Kier molecular flexibility index (Phi) is 6.38. The maximum Gasteiger partial charge on any atom is 0.328 e. The topological polar surface area (TPSA) is 136 Å². The van der Waals surface area contributed by atoms with Gasteiger partial charge in [-0.3, -0.25) is 20.2 Å². The van der Waals surface area contributed by atoms with E-state index >= 15 is 0 Å². The molecule has 0 saturated carbocycles. The van der Waals surface area contributed by atoms with Gasteiger partial charge >= 0.3 is 6.03 Å². The second-order valence-corrected chi connectivity index (χ2v) is 8.55. The predicted molar refractivity (Wildman–Crippen MR) is 127 cm³/mol.